The summed E-state index contributed by atoms with van der Waals surface area (Å²) in [7, 11) is 5.22. The number of nitrogens with zero attached hydrogens (tertiary/aromatic N) is 12. The third-order valence-corrected chi connectivity index (χ3v) is 17.7. The zero-order valence-electron chi connectivity index (χ0n) is 59.0. The Bertz CT molecular complexity index is 4140. The van der Waals surface area contributed by atoms with E-state index in [2.05, 4.69) is 78.1 Å². The summed E-state index contributed by atoms with van der Waals surface area (Å²) in [6.45, 7) is 15.6. The Hall–Kier alpha value is -10.3. The second kappa shape index (κ2) is 33.0. The first kappa shape index (κ1) is 74.4. The van der Waals surface area contributed by atoms with Crippen molar-refractivity contribution in [2.24, 2.45) is 16.2 Å². The molecule has 3 saturated heterocycles. The van der Waals surface area contributed by atoms with Gasteiger partial charge in [0.1, 0.15) is 68.7 Å². The Balaban J connectivity index is 0.000000165. The van der Waals surface area contributed by atoms with Crippen molar-refractivity contribution >= 4 is 86.6 Å². The van der Waals surface area contributed by atoms with Crippen molar-refractivity contribution in [3.63, 3.8) is 0 Å². The molecule has 9 aromatic heterocycles. The number of hydrogen-bond donors (Lipinski definition) is 12. The Kier molecular flexibility index (Phi) is 24.1. The molecule has 33 heteroatoms. The van der Waals surface area contributed by atoms with Crippen LogP contribution in [0.4, 0.5) is 52.0 Å². The fourth-order valence-electron chi connectivity index (χ4n) is 11.4. The second-order valence-corrected chi connectivity index (χ2v) is 27.6. The predicted molar refractivity (Wildman–Crippen MR) is 386 cm³/mol. The highest BCUT2D eigenvalue weighted by Crippen LogP contribution is 2.28. The molecule has 12 heterocycles. The first-order valence-electron chi connectivity index (χ1n) is 34.0. The monoisotopic (exact) mass is 1410 g/mol. The first-order valence-corrected chi connectivity index (χ1v) is 34.0. The van der Waals surface area contributed by atoms with Crippen molar-refractivity contribution in [1.82, 2.24) is 73.4 Å². The number of hydrogen-bond acceptors (Lipinski definition) is 24. The van der Waals surface area contributed by atoms with Crippen LogP contribution in [0.2, 0.25) is 0 Å². The van der Waals surface area contributed by atoms with Crippen LogP contribution in [0.5, 0.6) is 0 Å². The van der Waals surface area contributed by atoms with Gasteiger partial charge in [0.05, 0.1) is 56.5 Å². The van der Waals surface area contributed by atoms with Crippen molar-refractivity contribution in [1.29, 1.82) is 0 Å². The highest BCUT2D eigenvalue weighted by atomic mass is 16.5. The molecular formula is C69H93N21O12. The molecule has 3 atom stereocenters. The fraction of sp³-hybridized carbons (Fsp3) is 0.478. The van der Waals surface area contributed by atoms with E-state index in [0.29, 0.717) is 125 Å². The van der Waals surface area contributed by atoms with Gasteiger partial charge >= 0.3 is 0 Å². The molecule has 0 saturated carbocycles. The molecule has 0 aliphatic carbocycles. The zero-order valence-corrected chi connectivity index (χ0v) is 59.0. The molecule has 3 aliphatic heterocycles. The number of nitrogens with one attached hydrogen (secondary N) is 9. The minimum Gasteiger partial charge on any atom is -0.396 e. The molecule has 12 rings (SSSR count). The Morgan fingerprint density at radius 2 is 0.735 bits per heavy atom. The third kappa shape index (κ3) is 17.7. The van der Waals surface area contributed by atoms with Gasteiger partial charge in [-0.1, -0.05) is 41.5 Å². The van der Waals surface area contributed by atoms with Crippen LogP contribution in [0.25, 0.3) is 16.9 Å². The molecule has 33 nitrogen and oxygen atoms in total. The summed E-state index contributed by atoms with van der Waals surface area (Å²) < 4.78 is 26.3. The summed E-state index contributed by atoms with van der Waals surface area (Å²) >= 11 is 0. The summed E-state index contributed by atoms with van der Waals surface area (Å²) in [5.74, 6) is 1.95. The maximum atomic E-state index is 13.1. The minimum absolute atomic E-state index is 0.000363. The van der Waals surface area contributed by atoms with E-state index in [1.807, 2.05) is 59.7 Å². The van der Waals surface area contributed by atoms with E-state index in [-0.39, 0.29) is 72.3 Å². The number of carbonyl (C=O) groups is 3. The molecule has 9 aromatic rings. The first-order chi connectivity index (χ1) is 49.0. The van der Waals surface area contributed by atoms with Crippen molar-refractivity contribution in [2.75, 3.05) is 132 Å². The lowest BCUT2D eigenvalue weighted by atomic mass is 9.95. The Labute approximate surface area is 587 Å². The van der Waals surface area contributed by atoms with E-state index >= 15 is 0 Å². The molecule has 0 radical (unpaired) electrons. The van der Waals surface area contributed by atoms with Crippen LogP contribution in [-0.2, 0) is 14.2 Å². The Morgan fingerprint density at radius 1 is 0.461 bits per heavy atom. The molecule has 3 aliphatic rings. The average Bonchev–Trinajstić information content (AvgIpc) is 1.60. The van der Waals surface area contributed by atoms with E-state index < -0.39 is 16.2 Å². The molecule has 0 spiro atoms. The van der Waals surface area contributed by atoms with Gasteiger partial charge in [-0.25, -0.2) is 15.0 Å². The number of aliphatic hydroxyl groups excluding tert-OH is 3. The van der Waals surface area contributed by atoms with Gasteiger partial charge in [0, 0.05) is 133 Å². The second-order valence-electron chi connectivity index (χ2n) is 27.6. The smallest absolute Gasteiger partial charge is 0.274 e. The number of amides is 3. The molecule has 546 valence electrons. The molecule has 3 fully saturated rings. The van der Waals surface area contributed by atoms with Crippen molar-refractivity contribution < 1.29 is 43.9 Å². The number of ether oxygens (including phenoxy) is 3. The van der Waals surface area contributed by atoms with Crippen LogP contribution < -0.4 is 64.5 Å². The van der Waals surface area contributed by atoms with Gasteiger partial charge in [0.25, 0.3) is 34.4 Å². The van der Waals surface area contributed by atoms with Crippen molar-refractivity contribution in [3.8, 4) is 0 Å². The van der Waals surface area contributed by atoms with Gasteiger partial charge in [-0.15, -0.1) is 0 Å². The molecule has 102 heavy (non-hydrogen) atoms. The highest BCUT2D eigenvalue weighted by molar-refractivity contribution is 6.01. The summed E-state index contributed by atoms with van der Waals surface area (Å²) in [5.41, 5.74) is 1.17. The lowest BCUT2D eigenvalue weighted by Crippen LogP contribution is -2.36. The number of aliphatic hydroxyl groups is 3. The maximum absolute atomic E-state index is 13.1. The van der Waals surface area contributed by atoms with Crippen LogP contribution >= 0.6 is 0 Å². The van der Waals surface area contributed by atoms with Crippen LogP contribution in [0.3, 0.4) is 0 Å². The van der Waals surface area contributed by atoms with Gasteiger partial charge in [-0.05, 0) is 74.9 Å². The van der Waals surface area contributed by atoms with Gasteiger partial charge in [0.15, 0.2) is 16.9 Å². The van der Waals surface area contributed by atoms with E-state index in [1.54, 1.807) is 89.8 Å². The quantitative estimate of drug-likeness (QED) is 0.0364. The summed E-state index contributed by atoms with van der Waals surface area (Å²) in [4.78, 5) is 91.6. The zero-order chi connectivity index (χ0) is 72.9. The standard InChI is InChI=1S/3C23H31N7O4/c3*1-23(2,14-31)13-25-21(32)16-11-26-30-19(24-3)10-18(28-20(16)30)27-17-7-4-8-29(22(17)33)15-6-5-9-34-12-15/h3*4,7-8,10-11,15,24,31H,5-6,9,12-14H2,1-3H3,(H,25,32)(H,27,28)/t2*15-;/m10./s1. The number of pyridine rings is 3. The number of rotatable bonds is 24. The summed E-state index contributed by atoms with van der Waals surface area (Å²) in [6.07, 6.45) is 15.1. The van der Waals surface area contributed by atoms with E-state index in [4.69, 9.17) is 14.2 Å². The topological polar surface area (TPSA) is 404 Å². The van der Waals surface area contributed by atoms with E-state index in [1.165, 1.54) is 32.1 Å². The summed E-state index contributed by atoms with van der Waals surface area (Å²) in [6, 6.07) is 15.7. The molecule has 0 bridgehead atoms. The van der Waals surface area contributed by atoms with Gasteiger partial charge in [0.2, 0.25) is 0 Å². The molecule has 0 aromatic carbocycles. The largest absolute Gasteiger partial charge is 0.396 e. The van der Waals surface area contributed by atoms with Crippen LogP contribution in [0.15, 0.2) is 106 Å². The minimum atomic E-state index is -0.453. The third-order valence-electron chi connectivity index (χ3n) is 17.7. The van der Waals surface area contributed by atoms with Crippen molar-refractivity contribution in [2.45, 2.75) is 98.2 Å². The molecule has 1 unspecified atom stereocenters. The maximum Gasteiger partial charge on any atom is 0.274 e. The van der Waals surface area contributed by atoms with E-state index in [9.17, 15) is 44.1 Å². The van der Waals surface area contributed by atoms with Gasteiger partial charge in [-0.3, -0.25) is 28.8 Å². The fourth-order valence-corrected chi connectivity index (χ4v) is 11.4. The number of fused-ring (bicyclic) bond motifs is 3. The lowest BCUT2D eigenvalue weighted by Gasteiger charge is -2.24. The van der Waals surface area contributed by atoms with E-state index in [0.717, 1.165) is 58.3 Å². The van der Waals surface area contributed by atoms with Crippen molar-refractivity contribution in [3.05, 3.63) is 140 Å². The van der Waals surface area contributed by atoms with Crippen LogP contribution in [0, 0.1) is 16.2 Å². The normalized spacial score (nSPS) is 16.4. The summed E-state index contributed by atoms with van der Waals surface area (Å²) in [5, 5.41) is 68.2. The van der Waals surface area contributed by atoms with Crippen LogP contribution in [-0.4, -0.2) is 191 Å². The number of aromatic nitrogens is 12. The Morgan fingerprint density at radius 3 is 0.971 bits per heavy atom. The predicted octanol–water partition coefficient (Wildman–Crippen LogP) is 5.33. The lowest BCUT2D eigenvalue weighted by molar-refractivity contribution is 0.0580. The molecule has 12 N–H and O–H groups in total. The average molecular weight is 1410 g/mol. The van der Waals surface area contributed by atoms with Gasteiger partial charge in [-0.2, -0.15) is 28.8 Å². The highest BCUT2D eigenvalue weighted by Gasteiger charge is 2.28. The van der Waals surface area contributed by atoms with Gasteiger partial charge < -0.3 is 91.1 Å². The molecular weight excluding hydrogens is 1310 g/mol. The SMILES string of the molecule is CNc1cc(Nc2cccn(C3CCCOC3)c2=O)nc2c(C(=O)NCC(C)(C)CO)cnn12.CNc1cc(Nc2cccn([C@@H]3CCCOC3)c2=O)nc2c(C(=O)NCC(C)(C)CO)cnn12.CNc1cc(Nc2cccn([C@H]3CCCOC3)c2=O)nc2c(C(=O)NCC(C)(C)CO)cnn12. The van der Waals surface area contributed by atoms with Crippen LogP contribution in [0.1, 0.15) is 129 Å². The number of anilines is 9. The number of carbonyl (C=O) groups excluding carboxylic acids is 3. The molecule has 3 amide bonds.